The van der Waals surface area contributed by atoms with E-state index in [2.05, 4.69) is 41.2 Å². The Morgan fingerprint density at radius 3 is 2.25 bits per heavy atom. The Hall–Kier alpha value is -1.11. The second-order valence-electron chi connectivity index (χ2n) is 9.27. The number of fused-ring (bicyclic) bond motifs is 2. The van der Waals surface area contributed by atoms with Crippen LogP contribution in [0.5, 0.6) is 0 Å². The molecule has 0 radical (unpaired) electrons. The van der Waals surface area contributed by atoms with Gasteiger partial charge in [0.05, 0.1) is 0 Å². The highest BCUT2D eigenvalue weighted by molar-refractivity contribution is 6.05. The van der Waals surface area contributed by atoms with Gasteiger partial charge in [-0.15, -0.1) is 0 Å². The standard InChI is InChI=1S/C13H20O.C10H16/c1-5-7-11(14)12-10(2)8-6-9-13(12,3)4;1-7-6-8-4-5-9(7)10(8,2)3/h5,7H,6,8-9H2,1-4H3;8-9H,1,4-6H2,2-3H3/b7-5+;. The van der Waals surface area contributed by atoms with Gasteiger partial charge in [-0.3, -0.25) is 4.79 Å². The maximum atomic E-state index is 11.9. The lowest BCUT2D eigenvalue weighted by molar-refractivity contribution is -0.112. The van der Waals surface area contributed by atoms with Gasteiger partial charge in [-0.1, -0.05) is 51.5 Å². The molecule has 0 aromatic heterocycles. The highest BCUT2D eigenvalue weighted by Gasteiger charge is 2.49. The number of carbonyl (C=O) groups is 1. The van der Waals surface area contributed by atoms with Crippen LogP contribution in [-0.2, 0) is 4.79 Å². The van der Waals surface area contributed by atoms with Gasteiger partial charge >= 0.3 is 0 Å². The molecule has 134 valence electrons. The van der Waals surface area contributed by atoms with Crippen molar-refractivity contribution in [2.75, 3.05) is 0 Å². The zero-order valence-electron chi connectivity index (χ0n) is 16.7. The number of ketones is 1. The van der Waals surface area contributed by atoms with Gasteiger partial charge in [0.15, 0.2) is 5.78 Å². The first-order valence-corrected chi connectivity index (χ1v) is 9.66. The Morgan fingerprint density at radius 2 is 1.88 bits per heavy atom. The molecule has 2 atom stereocenters. The van der Waals surface area contributed by atoms with Crippen molar-refractivity contribution in [3.05, 3.63) is 35.5 Å². The van der Waals surface area contributed by atoms with Crippen LogP contribution in [-0.4, -0.2) is 5.78 Å². The van der Waals surface area contributed by atoms with Gasteiger partial charge in [-0.05, 0) is 81.1 Å². The molecule has 2 fully saturated rings. The minimum atomic E-state index is 0.0684. The van der Waals surface area contributed by atoms with Crippen LogP contribution in [0.25, 0.3) is 0 Å². The predicted molar refractivity (Wildman–Crippen MR) is 104 cm³/mol. The van der Waals surface area contributed by atoms with Gasteiger partial charge in [-0.2, -0.15) is 0 Å². The van der Waals surface area contributed by atoms with E-state index in [1.165, 1.54) is 36.8 Å². The normalized spacial score (nSPS) is 30.5. The van der Waals surface area contributed by atoms with Gasteiger partial charge in [0.2, 0.25) is 0 Å². The summed E-state index contributed by atoms with van der Waals surface area (Å²) in [4.78, 5) is 11.9. The monoisotopic (exact) mass is 328 g/mol. The van der Waals surface area contributed by atoms with Crippen LogP contribution >= 0.6 is 0 Å². The van der Waals surface area contributed by atoms with Crippen LogP contribution in [0.15, 0.2) is 35.5 Å². The summed E-state index contributed by atoms with van der Waals surface area (Å²) in [5, 5.41) is 0. The van der Waals surface area contributed by atoms with Crippen LogP contribution in [0, 0.1) is 22.7 Å². The van der Waals surface area contributed by atoms with E-state index in [9.17, 15) is 4.79 Å². The van der Waals surface area contributed by atoms with E-state index in [1.807, 2.05) is 13.0 Å². The van der Waals surface area contributed by atoms with Crippen LogP contribution in [0.4, 0.5) is 0 Å². The molecule has 0 N–H and O–H groups in total. The summed E-state index contributed by atoms with van der Waals surface area (Å²) < 4.78 is 0. The lowest BCUT2D eigenvalue weighted by Crippen LogP contribution is -2.25. The summed E-state index contributed by atoms with van der Waals surface area (Å²) in [6, 6.07) is 0. The van der Waals surface area contributed by atoms with E-state index in [0.29, 0.717) is 5.41 Å². The molecule has 0 heterocycles. The fraction of sp³-hybridized carbons (Fsp3) is 0.696. The Kier molecular flexibility index (Phi) is 5.62. The molecule has 2 unspecified atom stereocenters. The first kappa shape index (κ1) is 19.2. The molecule has 3 rings (SSSR count). The minimum Gasteiger partial charge on any atom is -0.290 e. The van der Waals surface area contributed by atoms with Gasteiger partial charge < -0.3 is 0 Å². The molecule has 0 amide bonds. The Morgan fingerprint density at radius 1 is 1.21 bits per heavy atom. The number of allylic oxidation sites excluding steroid dienone is 5. The Bertz CT molecular complexity index is 571. The van der Waals surface area contributed by atoms with E-state index >= 15 is 0 Å². The second kappa shape index (κ2) is 7.02. The molecule has 3 aliphatic carbocycles. The third kappa shape index (κ3) is 3.60. The third-order valence-electron chi connectivity index (χ3n) is 6.78. The minimum absolute atomic E-state index is 0.0684. The molecular formula is C23H36O. The molecule has 1 heteroatoms. The molecular weight excluding hydrogens is 292 g/mol. The van der Waals surface area contributed by atoms with Gasteiger partial charge in [0.1, 0.15) is 0 Å². The van der Waals surface area contributed by atoms with Crippen molar-refractivity contribution < 1.29 is 4.79 Å². The summed E-state index contributed by atoms with van der Waals surface area (Å²) in [7, 11) is 0. The van der Waals surface area contributed by atoms with E-state index in [1.54, 1.807) is 6.08 Å². The molecule has 1 nitrogen and oxygen atoms in total. The SMILES string of the molecule is C/C=C/C(=O)C1=C(C)CCCC1(C)C.C=C1CC2CCC1C2(C)C. The number of rotatable bonds is 2. The molecule has 0 spiro atoms. The fourth-order valence-corrected chi connectivity index (χ4v) is 5.35. The highest BCUT2D eigenvalue weighted by Crippen LogP contribution is 2.59. The van der Waals surface area contributed by atoms with Crippen molar-refractivity contribution >= 4 is 5.78 Å². The Labute approximate surface area is 149 Å². The van der Waals surface area contributed by atoms with Crippen molar-refractivity contribution in [2.45, 2.75) is 80.1 Å². The number of hydrogen-bond acceptors (Lipinski definition) is 1. The summed E-state index contributed by atoms with van der Waals surface area (Å²) in [5.74, 6) is 2.03. The smallest absolute Gasteiger partial charge is 0.181 e. The molecule has 2 bridgehead atoms. The number of carbonyl (C=O) groups excluding carboxylic acids is 1. The molecule has 2 saturated carbocycles. The fourth-order valence-electron chi connectivity index (χ4n) is 5.35. The highest BCUT2D eigenvalue weighted by atomic mass is 16.1. The van der Waals surface area contributed by atoms with E-state index in [-0.39, 0.29) is 11.2 Å². The molecule has 0 aromatic carbocycles. The van der Waals surface area contributed by atoms with Crippen LogP contribution in [0.2, 0.25) is 0 Å². The summed E-state index contributed by atoms with van der Waals surface area (Å²) in [6.07, 6.45) is 11.1. The summed E-state index contributed by atoms with van der Waals surface area (Å²) in [6.45, 7) is 17.3. The lowest BCUT2D eigenvalue weighted by atomic mass is 9.71. The second-order valence-corrected chi connectivity index (χ2v) is 9.27. The lowest BCUT2D eigenvalue weighted by Gasteiger charge is -2.32. The van der Waals surface area contributed by atoms with Crippen molar-refractivity contribution in [3.8, 4) is 0 Å². The van der Waals surface area contributed by atoms with Crippen molar-refractivity contribution in [1.29, 1.82) is 0 Å². The first-order chi connectivity index (χ1) is 11.1. The third-order valence-corrected chi connectivity index (χ3v) is 6.78. The van der Waals surface area contributed by atoms with E-state index in [0.717, 1.165) is 30.3 Å². The van der Waals surface area contributed by atoms with Crippen LogP contribution in [0.1, 0.15) is 80.1 Å². The molecule has 0 aliphatic heterocycles. The van der Waals surface area contributed by atoms with Gasteiger partial charge in [0.25, 0.3) is 0 Å². The predicted octanol–water partition coefficient (Wildman–Crippen LogP) is 6.66. The first-order valence-electron chi connectivity index (χ1n) is 9.66. The maximum absolute atomic E-state index is 11.9. The topological polar surface area (TPSA) is 17.1 Å². The van der Waals surface area contributed by atoms with Crippen LogP contribution in [0.3, 0.4) is 0 Å². The van der Waals surface area contributed by atoms with E-state index < -0.39 is 0 Å². The zero-order chi connectivity index (χ0) is 18.1. The quantitative estimate of drug-likeness (QED) is 0.409. The Balaban J connectivity index is 0.000000182. The van der Waals surface area contributed by atoms with E-state index in [4.69, 9.17) is 0 Å². The summed E-state index contributed by atoms with van der Waals surface area (Å²) in [5.41, 5.74) is 4.52. The maximum Gasteiger partial charge on any atom is 0.181 e. The van der Waals surface area contributed by atoms with Gasteiger partial charge in [-0.25, -0.2) is 0 Å². The van der Waals surface area contributed by atoms with Crippen molar-refractivity contribution in [2.24, 2.45) is 22.7 Å². The molecule has 0 saturated heterocycles. The zero-order valence-corrected chi connectivity index (χ0v) is 16.7. The average Bonchev–Trinajstić information content (AvgIpc) is 2.85. The molecule has 3 aliphatic rings. The molecule has 24 heavy (non-hydrogen) atoms. The van der Waals surface area contributed by atoms with Crippen molar-refractivity contribution in [3.63, 3.8) is 0 Å². The van der Waals surface area contributed by atoms with Crippen molar-refractivity contribution in [1.82, 2.24) is 0 Å². The average molecular weight is 329 g/mol. The molecule has 0 aromatic rings. The largest absolute Gasteiger partial charge is 0.290 e. The summed E-state index contributed by atoms with van der Waals surface area (Å²) >= 11 is 0. The van der Waals surface area contributed by atoms with Gasteiger partial charge in [0, 0.05) is 5.57 Å². The number of hydrogen-bond donors (Lipinski definition) is 0. The van der Waals surface area contributed by atoms with Crippen LogP contribution < -0.4 is 0 Å².